The number of benzene rings is 1. The van der Waals surface area contributed by atoms with E-state index in [0.717, 1.165) is 23.1 Å². The maximum Gasteiger partial charge on any atom is 0.281 e. The van der Waals surface area contributed by atoms with Crippen LogP contribution in [0.3, 0.4) is 0 Å². The molecule has 11 heteroatoms. The number of H-pyrrole nitrogens is 1. The number of fused-ring (bicyclic) bond motifs is 5. The molecule has 42 heavy (non-hydrogen) atoms. The minimum atomic E-state index is -2.03. The number of aromatic amines is 1. The molecule has 0 bridgehead atoms. The normalized spacial score (nSPS) is 34.2. The number of aliphatic hydroxyl groups is 1. The fraction of sp³-hybridized carbons (Fsp3) is 0.581. The zero-order chi connectivity index (χ0) is 29.7. The van der Waals surface area contributed by atoms with Gasteiger partial charge in [0.15, 0.2) is 0 Å². The maximum atomic E-state index is 14.4. The van der Waals surface area contributed by atoms with Gasteiger partial charge >= 0.3 is 0 Å². The van der Waals surface area contributed by atoms with Crippen LogP contribution in [-0.4, -0.2) is 97.5 Å². The Kier molecular flexibility index (Phi) is 6.37. The molecule has 2 aromatic rings. The van der Waals surface area contributed by atoms with E-state index in [1.807, 2.05) is 33.0 Å². The van der Waals surface area contributed by atoms with Gasteiger partial charge in [-0.3, -0.25) is 28.9 Å². The monoisotopic (exact) mass is 593 g/mol. The van der Waals surface area contributed by atoms with E-state index in [4.69, 9.17) is 4.74 Å². The second kappa shape index (κ2) is 9.57. The van der Waals surface area contributed by atoms with E-state index in [9.17, 15) is 19.5 Å². The lowest BCUT2D eigenvalue weighted by Gasteiger charge is -2.48. The molecule has 7 rings (SSSR count). The highest BCUT2D eigenvalue weighted by Gasteiger charge is 2.72. The van der Waals surface area contributed by atoms with Crippen LogP contribution < -0.4 is 5.32 Å². The summed E-state index contributed by atoms with van der Waals surface area (Å²) in [6.07, 6.45) is 5.36. The van der Waals surface area contributed by atoms with Crippen molar-refractivity contribution >= 4 is 46.0 Å². The third-order valence-corrected chi connectivity index (χ3v) is 10.8. The number of ether oxygens (including phenoxy) is 1. The van der Waals surface area contributed by atoms with Gasteiger partial charge in [0, 0.05) is 41.4 Å². The third kappa shape index (κ3) is 3.79. The number of hydrogen-bond acceptors (Lipinski definition) is 7. The first kappa shape index (κ1) is 27.9. The van der Waals surface area contributed by atoms with Gasteiger partial charge in [-0.25, -0.2) is 0 Å². The summed E-state index contributed by atoms with van der Waals surface area (Å²) in [6, 6.07) is 4.78. The van der Waals surface area contributed by atoms with Crippen LogP contribution in [0.1, 0.15) is 45.2 Å². The molecule has 1 aliphatic carbocycles. The average molecular weight is 594 g/mol. The van der Waals surface area contributed by atoms with Crippen molar-refractivity contribution in [2.45, 2.75) is 70.3 Å². The minimum absolute atomic E-state index is 0.101. The molecule has 0 spiro atoms. The number of nitrogens with zero attached hydrogens (tertiary/aromatic N) is 3. The van der Waals surface area contributed by atoms with E-state index in [0.29, 0.717) is 24.6 Å². The number of likely N-dealkylation sites (N-methyl/N-ethyl adjacent to an activating group) is 1. The second-order valence-electron chi connectivity index (χ2n) is 13.2. The van der Waals surface area contributed by atoms with Crippen molar-refractivity contribution in [3.8, 4) is 0 Å². The summed E-state index contributed by atoms with van der Waals surface area (Å²) >= 11 is 1.53. The van der Waals surface area contributed by atoms with Crippen LogP contribution in [0.4, 0.5) is 0 Å². The van der Waals surface area contributed by atoms with Crippen LogP contribution >= 0.6 is 11.8 Å². The van der Waals surface area contributed by atoms with Gasteiger partial charge in [-0.05, 0) is 48.6 Å². The highest BCUT2D eigenvalue weighted by molar-refractivity contribution is 7.99. The number of amides is 3. The van der Waals surface area contributed by atoms with E-state index < -0.39 is 41.5 Å². The summed E-state index contributed by atoms with van der Waals surface area (Å²) in [6.45, 7) is 8.05. The van der Waals surface area contributed by atoms with Crippen molar-refractivity contribution in [1.29, 1.82) is 0 Å². The van der Waals surface area contributed by atoms with Crippen LogP contribution in [0.15, 0.2) is 30.5 Å². The van der Waals surface area contributed by atoms with Gasteiger partial charge in [0.25, 0.3) is 11.8 Å². The topological polar surface area (TPSA) is 118 Å². The molecule has 4 aliphatic heterocycles. The molecule has 3 saturated heterocycles. The Balaban J connectivity index is 1.24. The lowest BCUT2D eigenvalue weighted by atomic mass is 9.79. The quantitative estimate of drug-likeness (QED) is 0.487. The number of carbonyl (C=O) groups excluding carboxylic acids is 3. The first-order valence-electron chi connectivity index (χ1n) is 14.9. The van der Waals surface area contributed by atoms with Gasteiger partial charge in [0.2, 0.25) is 17.5 Å². The number of aromatic nitrogens is 1. The van der Waals surface area contributed by atoms with Crippen LogP contribution in [0, 0.1) is 17.8 Å². The number of rotatable bonds is 5. The van der Waals surface area contributed by atoms with Crippen LogP contribution in [0.25, 0.3) is 16.5 Å². The van der Waals surface area contributed by atoms with Crippen molar-refractivity contribution in [2.75, 3.05) is 25.2 Å². The Morgan fingerprint density at radius 2 is 2.05 bits per heavy atom. The van der Waals surface area contributed by atoms with Crippen molar-refractivity contribution in [2.24, 2.45) is 17.8 Å². The molecular weight excluding hydrogens is 554 g/mol. The molecule has 3 N–H and O–H groups in total. The SMILES string of the molecule is CC(C)C[C@H]1C(=O)N2CSC[C@H]2[C@]2(O)O[C@](NC(=O)[C@@H]3C=C4c5cccc6[nH]cc(c56)C[C@@H]4N(C)C3)(C(C)C)C(=O)N12. The molecular formula is C31H39N5O5S. The first-order valence-corrected chi connectivity index (χ1v) is 16.1. The summed E-state index contributed by atoms with van der Waals surface area (Å²) in [4.78, 5) is 50.6. The summed E-state index contributed by atoms with van der Waals surface area (Å²) in [5.41, 5.74) is 2.77. The number of hydrogen-bond donors (Lipinski definition) is 3. The molecule has 0 saturated carbocycles. The van der Waals surface area contributed by atoms with Gasteiger partial charge in [0.1, 0.15) is 12.1 Å². The number of nitrogens with one attached hydrogen (secondary N) is 2. The average Bonchev–Trinajstić information content (AvgIpc) is 3.65. The largest absolute Gasteiger partial charge is 0.361 e. The molecule has 10 nitrogen and oxygen atoms in total. The summed E-state index contributed by atoms with van der Waals surface area (Å²) in [5, 5.41) is 16.3. The highest BCUT2D eigenvalue weighted by atomic mass is 32.2. The highest BCUT2D eigenvalue weighted by Crippen LogP contribution is 2.48. The van der Waals surface area contributed by atoms with Gasteiger partial charge in [-0.1, -0.05) is 45.9 Å². The van der Waals surface area contributed by atoms with E-state index in [-0.39, 0.29) is 23.8 Å². The Hall–Kier alpha value is -2.86. The lowest BCUT2D eigenvalue weighted by molar-refractivity contribution is -0.320. The van der Waals surface area contributed by atoms with Gasteiger partial charge in [-0.2, -0.15) is 0 Å². The Morgan fingerprint density at radius 3 is 2.79 bits per heavy atom. The van der Waals surface area contributed by atoms with Crippen LogP contribution in [0.5, 0.6) is 0 Å². The number of thioether (sulfide) groups is 1. The summed E-state index contributed by atoms with van der Waals surface area (Å²) < 4.78 is 6.42. The fourth-order valence-corrected chi connectivity index (χ4v) is 8.88. The zero-order valence-electron chi connectivity index (χ0n) is 24.7. The summed E-state index contributed by atoms with van der Waals surface area (Å²) in [7, 11) is 2.03. The zero-order valence-corrected chi connectivity index (χ0v) is 25.5. The van der Waals surface area contributed by atoms with Crippen molar-refractivity contribution < 1.29 is 24.2 Å². The van der Waals surface area contributed by atoms with Gasteiger partial charge in [-0.15, -0.1) is 11.8 Å². The van der Waals surface area contributed by atoms with Crippen LogP contribution in [-0.2, 0) is 25.5 Å². The van der Waals surface area contributed by atoms with Gasteiger partial charge < -0.3 is 20.3 Å². The summed E-state index contributed by atoms with van der Waals surface area (Å²) in [5.74, 6) is -3.16. The predicted molar refractivity (Wildman–Crippen MR) is 160 cm³/mol. The number of piperazine rings is 1. The molecule has 6 atom stereocenters. The van der Waals surface area contributed by atoms with Crippen molar-refractivity contribution in [3.63, 3.8) is 0 Å². The molecule has 5 aliphatic rings. The van der Waals surface area contributed by atoms with Gasteiger partial charge in [0.05, 0.1) is 11.8 Å². The predicted octanol–water partition coefficient (Wildman–Crippen LogP) is 2.34. The van der Waals surface area contributed by atoms with E-state index >= 15 is 0 Å². The Bertz CT molecular complexity index is 1520. The molecule has 3 fully saturated rings. The smallest absolute Gasteiger partial charge is 0.281 e. The molecule has 224 valence electrons. The minimum Gasteiger partial charge on any atom is -0.361 e. The Labute approximate surface area is 249 Å². The van der Waals surface area contributed by atoms with Crippen molar-refractivity contribution in [3.05, 3.63) is 41.6 Å². The fourth-order valence-electron chi connectivity index (χ4n) is 7.65. The van der Waals surface area contributed by atoms with E-state index in [1.54, 1.807) is 18.7 Å². The van der Waals surface area contributed by atoms with E-state index in [1.165, 1.54) is 27.6 Å². The second-order valence-corrected chi connectivity index (χ2v) is 14.2. The third-order valence-electron chi connectivity index (χ3n) is 9.81. The van der Waals surface area contributed by atoms with Crippen molar-refractivity contribution in [1.82, 2.24) is 25.0 Å². The van der Waals surface area contributed by atoms with Crippen LogP contribution in [0.2, 0.25) is 0 Å². The molecule has 0 unspecified atom stereocenters. The maximum absolute atomic E-state index is 14.4. The first-order chi connectivity index (χ1) is 20.0. The lowest BCUT2D eigenvalue weighted by Crippen LogP contribution is -2.72. The standard InChI is InChI=1S/C31H39N5O5S/c1-16(2)9-24-28(38)35-15-42-14-25(35)31(40)36(24)29(39)30(41-31,17(3)4)33-27(37)19-10-21-20-7-6-8-22-26(20)18(12-32-22)11-23(21)34(5)13-19/h6-8,10,12,16-17,19,23-25,32,40H,9,11,13-15H2,1-5H3,(H,33,37)/t19-,23+,24+,25+,30-,31+/m1/s1. The molecule has 5 heterocycles. The molecule has 0 radical (unpaired) electrons. The number of carbonyl (C=O) groups is 3. The van der Waals surface area contributed by atoms with E-state index in [2.05, 4.69) is 33.5 Å². The molecule has 3 amide bonds. The molecule has 1 aromatic heterocycles. The Morgan fingerprint density at radius 1 is 1.26 bits per heavy atom. The molecule has 1 aromatic carbocycles.